The third kappa shape index (κ3) is 4.32. The van der Waals surface area contributed by atoms with E-state index >= 15 is 0 Å². The summed E-state index contributed by atoms with van der Waals surface area (Å²) < 4.78 is 5.39. The molecule has 0 aliphatic carbocycles. The molecule has 0 bridgehead atoms. The molecule has 0 amide bonds. The Morgan fingerprint density at radius 2 is 1.97 bits per heavy atom. The van der Waals surface area contributed by atoms with Gasteiger partial charge in [0.25, 0.3) is 0 Å². The molecule has 1 aliphatic heterocycles. The molecule has 1 aliphatic rings. The van der Waals surface area contributed by atoms with Gasteiger partial charge in [0.05, 0.1) is 36.8 Å². The van der Waals surface area contributed by atoms with Crippen LogP contribution in [0.4, 0.5) is 11.5 Å². The lowest BCUT2D eigenvalue weighted by molar-refractivity contribution is -0.139. The van der Waals surface area contributed by atoms with E-state index in [0.717, 1.165) is 17.2 Å². The number of Topliss-reactive ketones (excluding diaryl/α,β-unsaturated/α-hetero) is 1. The first-order valence-electron chi connectivity index (χ1n) is 11.3. The summed E-state index contributed by atoms with van der Waals surface area (Å²) in [6, 6.07) is 5.27. The second kappa shape index (κ2) is 9.01. The fraction of sp³-hybridized carbons (Fsp3) is 0.292. The van der Waals surface area contributed by atoms with Crippen molar-refractivity contribution in [2.75, 3.05) is 37.0 Å². The number of ketones is 1. The monoisotopic (exact) mass is 521 g/mol. The minimum Gasteiger partial charge on any atom is -0.477 e. The summed E-state index contributed by atoms with van der Waals surface area (Å²) in [4.78, 5) is 54.2. The van der Waals surface area contributed by atoms with Crippen LogP contribution in [0, 0.1) is 6.92 Å². The summed E-state index contributed by atoms with van der Waals surface area (Å²) in [5.74, 6) is -1.26. The van der Waals surface area contributed by atoms with Crippen molar-refractivity contribution in [3.63, 3.8) is 0 Å². The van der Waals surface area contributed by atoms with Crippen LogP contribution in [-0.4, -0.2) is 78.6 Å². The highest BCUT2D eigenvalue weighted by atomic mass is 32.1. The van der Waals surface area contributed by atoms with Crippen molar-refractivity contribution in [2.24, 2.45) is 0 Å². The Hall–Kier alpha value is -4.23. The van der Waals surface area contributed by atoms with Crippen LogP contribution in [0.1, 0.15) is 21.6 Å². The molecule has 4 aromatic rings. The summed E-state index contributed by atoms with van der Waals surface area (Å²) in [6.45, 7) is 1.73. The van der Waals surface area contributed by atoms with Crippen molar-refractivity contribution in [2.45, 2.75) is 18.9 Å². The van der Waals surface area contributed by atoms with Crippen molar-refractivity contribution in [1.29, 1.82) is 0 Å². The van der Waals surface area contributed by atoms with Gasteiger partial charge in [0.2, 0.25) is 10.6 Å². The van der Waals surface area contributed by atoms with Gasteiger partial charge in [0, 0.05) is 37.5 Å². The number of carbonyl (C=O) groups excluding carboxylic acids is 1. The fourth-order valence-electron chi connectivity index (χ4n) is 4.25. The van der Waals surface area contributed by atoms with E-state index in [9.17, 15) is 24.6 Å². The number of fused-ring (bicyclic) bond motifs is 1. The smallest absolute Gasteiger partial charge is 0.341 e. The van der Waals surface area contributed by atoms with Crippen molar-refractivity contribution in [3.8, 4) is 5.13 Å². The second-order valence-corrected chi connectivity index (χ2v) is 9.92. The first-order chi connectivity index (χ1) is 17.6. The first-order valence-corrected chi connectivity index (χ1v) is 12.0. The normalized spacial score (nSPS) is 14.4. The number of hydrogen-bond acceptors (Lipinski definition) is 11. The van der Waals surface area contributed by atoms with E-state index in [1.807, 2.05) is 25.1 Å². The molecular formula is C24H23N7O5S. The predicted molar refractivity (Wildman–Crippen MR) is 137 cm³/mol. The van der Waals surface area contributed by atoms with Gasteiger partial charge < -0.3 is 20.0 Å². The molecule has 0 aromatic carbocycles. The van der Waals surface area contributed by atoms with Crippen LogP contribution in [0.3, 0.4) is 0 Å². The maximum absolute atomic E-state index is 12.9. The summed E-state index contributed by atoms with van der Waals surface area (Å²) in [5.41, 5.74) is -0.410. The number of rotatable bonds is 7. The van der Waals surface area contributed by atoms with Crippen LogP contribution >= 0.6 is 11.5 Å². The molecule has 1 saturated heterocycles. The highest BCUT2D eigenvalue weighted by Gasteiger charge is 2.48. The van der Waals surface area contributed by atoms with Crippen LogP contribution < -0.4 is 15.2 Å². The van der Waals surface area contributed by atoms with Gasteiger partial charge in [-0.25, -0.2) is 14.8 Å². The maximum Gasteiger partial charge on any atom is 0.341 e. The minimum absolute atomic E-state index is 0.00319. The number of pyridine rings is 3. The van der Waals surface area contributed by atoms with Gasteiger partial charge in [-0.05, 0) is 30.7 Å². The van der Waals surface area contributed by atoms with Crippen LogP contribution in [0.15, 0.2) is 41.7 Å². The van der Waals surface area contributed by atoms with Gasteiger partial charge in [0.1, 0.15) is 17.7 Å². The lowest BCUT2D eigenvalue weighted by atomic mass is 9.87. The van der Waals surface area contributed by atoms with Gasteiger partial charge in [0.15, 0.2) is 17.0 Å². The van der Waals surface area contributed by atoms with E-state index in [4.69, 9.17) is 0 Å². The Bertz CT molecular complexity index is 1580. The zero-order valence-corrected chi connectivity index (χ0v) is 21.1. The van der Waals surface area contributed by atoms with E-state index in [0.29, 0.717) is 22.2 Å². The van der Waals surface area contributed by atoms with E-state index in [1.54, 1.807) is 30.2 Å². The number of nitrogens with zero attached hydrogens (tertiary/aromatic N) is 7. The van der Waals surface area contributed by atoms with Crippen molar-refractivity contribution in [1.82, 2.24) is 23.9 Å². The summed E-state index contributed by atoms with van der Waals surface area (Å²) in [7, 11) is 3.79. The van der Waals surface area contributed by atoms with E-state index in [1.165, 1.54) is 17.1 Å². The molecule has 13 heteroatoms. The Morgan fingerprint density at radius 1 is 1.22 bits per heavy atom. The van der Waals surface area contributed by atoms with E-state index < -0.39 is 22.6 Å². The number of carbonyl (C=O) groups is 2. The molecular weight excluding hydrogens is 498 g/mol. The lowest BCUT2D eigenvalue weighted by Gasteiger charge is -2.46. The highest BCUT2D eigenvalue weighted by Crippen LogP contribution is 2.31. The van der Waals surface area contributed by atoms with Crippen molar-refractivity contribution < 1.29 is 19.8 Å². The number of aryl methyl sites for hydroxylation is 1. The van der Waals surface area contributed by atoms with Crippen LogP contribution in [0.2, 0.25) is 0 Å². The molecule has 0 unspecified atom stereocenters. The zero-order valence-electron chi connectivity index (χ0n) is 20.2. The summed E-state index contributed by atoms with van der Waals surface area (Å²) in [5, 5.41) is 21.0. The molecule has 12 nitrogen and oxygen atoms in total. The third-order valence-electron chi connectivity index (χ3n) is 6.34. The summed E-state index contributed by atoms with van der Waals surface area (Å²) >= 11 is 1.02. The molecule has 0 radical (unpaired) electrons. The Balaban J connectivity index is 1.43. The van der Waals surface area contributed by atoms with E-state index in [-0.39, 0.29) is 36.3 Å². The summed E-state index contributed by atoms with van der Waals surface area (Å²) in [6.07, 6.45) is 4.19. The van der Waals surface area contributed by atoms with E-state index in [2.05, 4.69) is 19.3 Å². The predicted octanol–water partition coefficient (Wildman–Crippen LogP) is 1.07. The molecule has 190 valence electrons. The Kier molecular flexibility index (Phi) is 5.96. The largest absolute Gasteiger partial charge is 0.477 e. The molecule has 4 aromatic heterocycles. The Morgan fingerprint density at radius 3 is 2.57 bits per heavy atom. The number of aliphatic hydroxyl groups is 1. The number of β-amino-alcohol motifs (C(OH)–C–C–N with tert-alkyl or cyclic N) is 1. The van der Waals surface area contributed by atoms with Crippen LogP contribution in [-0.2, 0) is 11.2 Å². The molecule has 2 N–H and O–H groups in total. The van der Waals surface area contributed by atoms with Crippen molar-refractivity contribution in [3.05, 3.63) is 64.0 Å². The third-order valence-corrected chi connectivity index (χ3v) is 7.01. The van der Waals surface area contributed by atoms with Crippen molar-refractivity contribution >= 4 is 45.8 Å². The quantitative estimate of drug-likeness (QED) is 0.359. The average Bonchev–Trinajstić information content (AvgIpc) is 3.36. The number of hydrogen-bond donors (Lipinski definition) is 2. The number of anilines is 2. The highest BCUT2D eigenvalue weighted by molar-refractivity contribution is 7.08. The number of carboxylic acid groups (broad SMARTS) is 1. The van der Waals surface area contributed by atoms with Gasteiger partial charge in [-0.2, -0.15) is 4.37 Å². The molecule has 37 heavy (non-hydrogen) atoms. The molecule has 5 heterocycles. The molecule has 5 rings (SSSR count). The Labute approximate surface area is 214 Å². The SMILES string of the molecule is Cc1cc(N2CC(O)(C(=O)Cc3ccc(N(C)C)cn3)C2)nc2c1c(=O)c(C(=O)O)cn2-c1ncns1. The minimum atomic E-state index is -1.56. The second-order valence-electron chi connectivity index (χ2n) is 9.16. The molecule has 0 spiro atoms. The molecule has 1 fully saturated rings. The zero-order chi connectivity index (χ0) is 26.5. The van der Waals surface area contributed by atoms with Gasteiger partial charge in [-0.15, -0.1) is 0 Å². The van der Waals surface area contributed by atoms with Gasteiger partial charge in [-0.3, -0.25) is 19.1 Å². The van der Waals surface area contributed by atoms with Gasteiger partial charge >= 0.3 is 5.97 Å². The molecule has 0 saturated carbocycles. The number of aromatic nitrogens is 5. The topological polar surface area (TPSA) is 155 Å². The first kappa shape index (κ1) is 24.5. The van der Waals surface area contributed by atoms with Crippen LogP contribution in [0.5, 0.6) is 0 Å². The van der Waals surface area contributed by atoms with Gasteiger partial charge in [-0.1, -0.05) is 0 Å². The standard InChI is InChI=1S/C24H23N7O5S/c1-13-6-18(28-21-19(13)20(33)16(22(34)35)9-31(21)23-26-12-27-37-23)30-10-24(36,11-30)17(32)7-14-4-5-15(8-25-14)29(2)3/h4-6,8-9,12,36H,7,10-11H2,1-3H3,(H,34,35). The molecule has 0 atom stereocenters. The lowest BCUT2D eigenvalue weighted by Crippen LogP contribution is -2.67. The number of aromatic carboxylic acids is 1. The fourth-order valence-corrected chi connectivity index (χ4v) is 4.76. The average molecular weight is 522 g/mol. The number of carboxylic acids is 1. The van der Waals surface area contributed by atoms with Crippen LogP contribution in [0.25, 0.3) is 16.2 Å². The maximum atomic E-state index is 12.9.